The molecule has 1 aromatic carbocycles. The molecule has 0 aromatic heterocycles. The number of morpholine rings is 1. The highest BCUT2D eigenvalue weighted by Gasteiger charge is 2.68. The van der Waals surface area contributed by atoms with Crippen molar-refractivity contribution in [3.05, 3.63) is 35.9 Å². The lowest BCUT2D eigenvalue weighted by molar-refractivity contribution is -0.199. The zero-order valence-corrected chi connectivity index (χ0v) is 24.8. The van der Waals surface area contributed by atoms with Gasteiger partial charge >= 0.3 is 13.1 Å². The second kappa shape index (κ2) is 12.3. The number of nitrogens with one attached hydrogen (secondary N) is 3. The van der Waals surface area contributed by atoms with E-state index >= 15 is 0 Å². The number of benzene rings is 1. The number of rotatable bonds is 10. The number of carbonyl (C=O) groups is 3. The Labute approximate surface area is 243 Å². The van der Waals surface area contributed by atoms with E-state index in [9.17, 15) is 14.4 Å². The summed E-state index contributed by atoms with van der Waals surface area (Å²) in [6.07, 6.45) is 4.25. The van der Waals surface area contributed by atoms with Crippen molar-refractivity contribution in [2.75, 3.05) is 33.4 Å². The smallest absolute Gasteiger partial charge is 0.404 e. The van der Waals surface area contributed by atoms with Crippen molar-refractivity contribution in [2.45, 2.75) is 83.0 Å². The van der Waals surface area contributed by atoms with Crippen LogP contribution in [-0.4, -0.2) is 86.9 Å². The molecular weight excluding hydrogens is 523 g/mol. The lowest BCUT2D eigenvalue weighted by Crippen LogP contribution is -2.65. The Morgan fingerprint density at radius 2 is 1.80 bits per heavy atom. The molecule has 2 heterocycles. The van der Waals surface area contributed by atoms with Crippen LogP contribution in [0.3, 0.4) is 0 Å². The topological polar surface area (TPSA) is 118 Å². The van der Waals surface area contributed by atoms with Crippen LogP contribution >= 0.6 is 0 Å². The first-order valence-corrected chi connectivity index (χ1v) is 15.1. The first kappa shape index (κ1) is 29.9. The zero-order chi connectivity index (χ0) is 29.2. The second-order valence-corrected chi connectivity index (χ2v) is 12.8. The summed E-state index contributed by atoms with van der Waals surface area (Å²) in [7, 11) is 0.880. The maximum atomic E-state index is 13.7. The number of ether oxygens (including phenoxy) is 1. The van der Waals surface area contributed by atoms with Crippen molar-refractivity contribution < 1.29 is 28.4 Å². The summed E-state index contributed by atoms with van der Waals surface area (Å²) in [4.78, 5) is 40.7. The molecule has 0 spiro atoms. The van der Waals surface area contributed by atoms with Crippen LogP contribution in [-0.2, 0) is 30.1 Å². The van der Waals surface area contributed by atoms with E-state index in [1.54, 1.807) is 4.90 Å². The van der Waals surface area contributed by atoms with Crippen molar-refractivity contribution in [3.8, 4) is 0 Å². The lowest BCUT2D eigenvalue weighted by Gasteiger charge is -2.64. The Balaban J connectivity index is 1.30. The highest BCUT2D eigenvalue weighted by Crippen LogP contribution is 2.65. The zero-order valence-electron chi connectivity index (χ0n) is 24.8. The van der Waals surface area contributed by atoms with Gasteiger partial charge in [0.15, 0.2) is 0 Å². The van der Waals surface area contributed by atoms with Gasteiger partial charge in [0.2, 0.25) is 11.8 Å². The highest BCUT2D eigenvalue weighted by molar-refractivity contribution is 6.48. The molecule has 5 aliphatic rings. The van der Waals surface area contributed by atoms with Gasteiger partial charge in [-0.1, -0.05) is 44.2 Å². The summed E-state index contributed by atoms with van der Waals surface area (Å²) in [5, 5.41) is 8.30. The van der Waals surface area contributed by atoms with E-state index in [1.165, 1.54) is 12.6 Å². The molecule has 0 radical (unpaired) electrons. The van der Waals surface area contributed by atoms with Crippen molar-refractivity contribution in [2.24, 2.45) is 17.3 Å². The monoisotopic (exact) mass is 568 g/mol. The fourth-order valence-electron chi connectivity index (χ4n) is 7.36. The third-order valence-electron chi connectivity index (χ3n) is 10.0. The van der Waals surface area contributed by atoms with E-state index in [0.717, 1.165) is 25.7 Å². The molecule has 5 fully saturated rings. The molecule has 10 nitrogen and oxygen atoms in total. The fraction of sp³-hybridized carbons (Fsp3) is 0.700. The van der Waals surface area contributed by atoms with Gasteiger partial charge < -0.3 is 34.9 Å². The van der Waals surface area contributed by atoms with Gasteiger partial charge in [0.05, 0.1) is 37.3 Å². The van der Waals surface area contributed by atoms with Crippen LogP contribution in [0.5, 0.6) is 0 Å². The molecule has 11 heteroatoms. The summed E-state index contributed by atoms with van der Waals surface area (Å²) in [5.74, 6) is -0.0257. The average molecular weight is 569 g/mol. The molecule has 2 aliphatic heterocycles. The Morgan fingerprint density at radius 1 is 1.07 bits per heavy atom. The average Bonchev–Trinajstić information content (AvgIpc) is 3.34. The van der Waals surface area contributed by atoms with Gasteiger partial charge in [-0.15, -0.1) is 0 Å². The van der Waals surface area contributed by atoms with Crippen LogP contribution in [0.2, 0.25) is 0 Å². The number of hydrogen-bond acceptors (Lipinski definition) is 6. The van der Waals surface area contributed by atoms with E-state index in [4.69, 9.17) is 14.0 Å². The fourth-order valence-corrected chi connectivity index (χ4v) is 7.36. The van der Waals surface area contributed by atoms with Crippen LogP contribution in [0.25, 0.3) is 0 Å². The summed E-state index contributed by atoms with van der Waals surface area (Å²) in [5.41, 5.74) is 1.03. The molecule has 3 aliphatic carbocycles. The van der Waals surface area contributed by atoms with Crippen molar-refractivity contribution in [1.29, 1.82) is 0 Å². The summed E-state index contributed by atoms with van der Waals surface area (Å²) < 4.78 is 18.7. The minimum atomic E-state index is -1.03. The quantitative estimate of drug-likeness (QED) is 0.373. The van der Waals surface area contributed by atoms with Crippen molar-refractivity contribution in [1.82, 2.24) is 20.9 Å². The van der Waals surface area contributed by atoms with Gasteiger partial charge in [0.25, 0.3) is 0 Å². The molecule has 4 amide bonds. The molecule has 2 unspecified atom stereocenters. The van der Waals surface area contributed by atoms with Gasteiger partial charge in [-0.2, -0.15) is 0 Å². The normalized spacial score (nSPS) is 29.5. The summed E-state index contributed by atoms with van der Waals surface area (Å²) in [6, 6.07) is 8.69. The number of carbonyl (C=O) groups excluding carboxylic acids is 3. The molecule has 3 saturated carbocycles. The highest BCUT2D eigenvalue weighted by atomic mass is 16.7. The Hall–Kier alpha value is -2.63. The van der Waals surface area contributed by atoms with Gasteiger partial charge in [-0.3, -0.25) is 9.59 Å². The third-order valence-corrected chi connectivity index (χ3v) is 10.0. The number of amides is 4. The molecule has 2 saturated heterocycles. The minimum Gasteiger partial charge on any atom is -0.404 e. The molecule has 3 N–H and O–H groups in total. The van der Waals surface area contributed by atoms with Gasteiger partial charge in [-0.25, -0.2) is 4.79 Å². The molecule has 6 atom stereocenters. The van der Waals surface area contributed by atoms with Crippen LogP contribution in [0.1, 0.15) is 58.4 Å². The van der Waals surface area contributed by atoms with Gasteiger partial charge in [-0.05, 0) is 61.8 Å². The second-order valence-electron chi connectivity index (χ2n) is 12.8. The first-order valence-electron chi connectivity index (χ1n) is 15.1. The summed E-state index contributed by atoms with van der Waals surface area (Å²) >= 11 is 0. The predicted octanol–water partition coefficient (Wildman–Crippen LogP) is 2.31. The largest absolute Gasteiger partial charge is 0.481 e. The third kappa shape index (κ3) is 6.27. The molecule has 224 valence electrons. The predicted molar refractivity (Wildman–Crippen MR) is 155 cm³/mol. The van der Waals surface area contributed by atoms with Crippen molar-refractivity contribution in [3.63, 3.8) is 0 Å². The van der Waals surface area contributed by atoms with Gasteiger partial charge in [0, 0.05) is 20.1 Å². The number of aryl methyl sites for hydroxylation is 1. The first-order chi connectivity index (χ1) is 19.6. The van der Waals surface area contributed by atoms with Crippen LogP contribution < -0.4 is 16.0 Å². The van der Waals surface area contributed by atoms with Gasteiger partial charge in [0.1, 0.15) is 6.04 Å². The Kier molecular flexibility index (Phi) is 8.97. The molecule has 41 heavy (non-hydrogen) atoms. The molecule has 6 rings (SSSR count). The molecule has 1 aromatic rings. The van der Waals surface area contributed by atoms with Crippen molar-refractivity contribution >= 4 is 25.0 Å². The standard InChI is InChI=1S/C30H45BN4O6/c1-29(2)21-17-23(29)30(3)24(18-21)40-31(41-30)25(12-8-11-20-9-6-5-7-10-20)34-27(37)22(33-28(38)32-4)19-26(36)35-13-15-39-16-14-35/h5-7,9-10,21-25H,8,11-19H2,1-4H3,(H,34,37)(H2,32,33,38)/t21-,22?,23-,24+,25?,30-/m0/s1. The number of hydrogen-bond donors (Lipinski definition) is 3. The SMILES string of the molecule is CNC(=O)NC(CC(=O)N1CCOCC1)C(=O)NC(CCCc1ccccc1)B1O[C@@H]2C[C@@H]3C[C@@H](C3(C)C)[C@]2(C)O1. The van der Waals surface area contributed by atoms with E-state index in [1.807, 2.05) is 18.2 Å². The van der Waals surface area contributed by atoms with Crippen LogP contribution in [0.15, 0.2) is 30.3 Å². The van der Waals surface area contributed by atoms with E-state index < -0.39 is 36.6 Å². The van der Waals surface area contributed by atoms with E-state index in [-0.39, 0.29) is 23.8 Å². The maximum absolute atomic E-state index is 13.7. The Morgan fingerprint density at radius 3 is 2.49 bits per heavy atom. The Bertz CT molecular complexity index is 1100. The maximum Gasteiger partial charge on any atom is 0.481 e. The molecular formula is C30H45BN4O6. The number of nitrogens with zero attached hydrogens (tertiary/aromatic N) is 1. The summed E-state index contributed by atoms with van der Waals surface area (Å²) in [6.45, 7) is 8.68. The van der Waals surface area contributed by atoms with E-state index in [2.05, 4.69) is 48.9 Å². The molecule has 2 bridgehead atoms. The lowest BCUT2D eigenvalue weighted by atomic mass is 9.43. The van der Waals surface area contributed by atoms with Crippen LogP contribution in [0, 0.1) is 17.3 Å². The van der Waals surface area contributed by atoms with E-state index in [0.29, 0.717) is 44.6 Å². The minimum absolute atomic E-state index is 0.0134. The number of urea groups is 1. The van der Waals surface area contributed by atoms with Crippen LogP contribution in [0.4, 0.5) is 4.79 Å².